The van der Waals surface area contributed by atoms with Crippen LogP contribution in [0.2, 0.25) is 0 Å². The van der Waals surface area contributed by atoms with Gasteiger partial charge in [0, 0.05) is 0 Å². The van der Waals surface area contributed by atoms with Crippen LogP contribution in [0.1, 0.15) is 63.9 Å². The number of ether oxygens (including phenoxy) is 1. The molecule has 0 unspecified atom stereocenters. The van der Waals surface area contributed by atoms with Gasteiger partial charge in [-0.05, 0) is 37.0 Å². The Morgan fingerprint density at radius 3 is 2.15 bits per heavy atom. The molecule has 0 aliphatic rings. The molecule has 0 amide bonds. The lowest BCUT2D eigenvalue weighted by Gasteiger charge is -2.01. The highest BCUT2D eigenvalue weighted by Gasteiger charge is 1.92. The third-order valence-electron chi connectivity index (χ3n) is 3.65. The maximum Gasteiger partial charge on any atom is 0.118 e. The van der Waals surface area contributed by atoms with Crippen LogP contribution in [-0.2, 0) is 6.42 Å². The highest BCUT2D eigenvalue weighted by molar-refractivity contribution is 5.28. The van der Waals surface area contributed by atoms with E-state index in [1.54, 1.807) is 7.11 Å². The maximum absolute atomic E-state index is 5.16. The van der Waals surface area contributed by atoms with Gasteiger partial charge in [-0.15, -0.1) is 0 Å². The minimum absolute atomic E-state index is 0.931. The first kappa shape index (κ1) is 16.8. The highest BCUT2D eigenvalue weighted by atomic mass is 16.5. The van der Waals surface area contributed by atoms with E-state index in [9.17, 15) is 0 Å². The van der Waals surface area contributed by atoms with Crippen molar-refractivity contribution in [2.24, 2.45) is 0 Å². The van der Waals surface area contributed by atoms with E-state index in [0.29, 0.717) is 0 Å². The Kier molecular flexibility index (Phi) is 9.73. The van der Waals surface area contributed by atoms with Crippen LogP contribution in [-0.4, -0.2) is 7.11 Å². The molecule has 112 valence electrons. The van der Waals surface area contributed by atoms with E-state index in [-0.39, 0.29) is 0 Å². The van der Waals surface area contributed by atoms with Gasteiger partial charge in [0.1, 0.15) is 5.75 Å². The fourth-order valence-corrected chi connectivity index (χ4v) is 2.32. The van der Waals surface area contributed by atoms with Crippen LogP contribution in [0.15, 0.2) is 36.4 Å². The molecule has 0 heterocycles. The number of rotatable bonds is 11. The fourth-order valence-electron chi connectivity index (χ4n) is 2.32. The van der Waals surface area contributed by atoms with Crippen molar-refractivity contribution in [1.29, 1.82) is 0 Å². The molecule has 0 aliphatic heterocycles. The van der Waals surface area contributed by atoms with Crippen LogP contribution in [0.4, 0.5) is 0 Å². The maximum atomic E-state index is 5.16. The standard InChI is InChI=1S/C19H30O/c1-3-4-5-6-7-8-9-10-11-12-13-18-14-16-19(20-2)17-15-18/h11-12,14-17H,3-10,13H2,1-2H3/b12-11+. The Morgan fingerprint density at radius 2 is 1.50 bits per heavy atom. The van der Waals surface area contributed by atoms with Gasteiger partial charge >= 0.3 is 0 Å². The zero-order valence-corrected chi connectivity index (χ0v) is 13.2. The molecule has 0 fully saturated rings. The molecule has 1 rings (SSSR count). The molecule has 0 spiro atoms. The molecule has 20 heavy (non-hydrogen) atoms. The van der Waals surface area contributed by atoms with Gasteiger partial charge in [0.25, 0.3) is 0 Å². The lowest BCUT2D eigenvalue weighted by atomic mass is 10.1. The van der Waals surface area contributed by atoms with Crippen LogP contribution < -0.4 is 4.74 Å². The van der Waals surface area contributed by atoms with E-state index in [0.717, 1.165) is 12.2 Å². The van der Waals surface area contributed by atoms with Crippen LogP contribution >= 0.6 is 0 Å². The first-order valence-electron chi connectivity index (χ1n) is 8.14. The van der Waals surface area contributed by atoms with Crippen molar-refractivity contribution < 1.29 is 4.74 Å². The Hall–Kier alpha value is -1.24. The van der Waals surface area contributed by atoms with Crippen molar-refractivity contribution in [1.82, 2.24) is 0 Å². The van der Waals surface area contributed by atoms with E-state index >= 15 is 0 Å². The SMILES string of the molecule is CCCCCCCCC/C=C/Cc1ccc(OC)cc1. The Bertz CT molecular complexity index is 351. The number of benzene rings is 1. The second-order valence-corrected chi connectivity index (χ2v) is 5.43. The monoisotopic (exact) mass is 274 g/mol. The summed E-state index contributed by atoms with van der Waals surface area (Å²) in [5.74, 6) is 0.931. The van der Waals surface area contributed by atoms with Gasteiger partial charge in [0.05, 0.1) is 7.11 Å². The molecule has 1 aromatic rings. The summed E-state index contributed by atoms with van der Waals surface area (Å²) in [6.45, 7) is 2.27. The molecule has 0 N–H and O–H groups in total. The number of methoxy groups -OCH3 is 1. The molecule has 0 radical (unpaired) electrons. The Balaban J connectivity index is 2.01. The summed E-state index contributed by atoms with van der Waals surface area (Å²) in [7, 11) is 1.71. The molecular formula is C19H30O. The summed E-state index contributed by atoms with van der Waals surface area (Å²) in [4.78, 5) is 0. The molecule has 1 nitrogen and oxygen atoms in total. The van der Waals surface area contributed by atoms with E-state index in [2.05, 4.69) is 31.2 Å². The average Bonchev–Trinajstić information content (AvgIpc) is 2.50. The first-order chi connectivity index (χ1) is 9.86. The van der Waals surface area contributed by atoms with Crippen molar-refractivity contribution in [3.8, 4) is 5.75 Å². The molecule has 0 aromatic heterocycles. The molecule has 1 heteroatoms. The molecule has 0 aliphatic carbocycles. The zero-order valence-electron chi connectivity index (χ0n) is 13.2. The van der Waals surface area contributed by atoms with Gasteiger partial charge in [-0.3, -0.25) is 0 Å². The Morgan fingerprint density at radius 1 is 0.850 bits per heavy atom. The van der Waals surface area contributed by atoms with Crippen molar-refractivity contribution in [3.05, 3.63) is 42.0 Å². The number of allylic oxidation sites excluding steroid dienone is 2. The summed E-state index contributed by atoms with van der Waals surface area (Å²) in [5.41, 5.74) is 1.35. The van der Waals surface area contributed by atoms with E-state index in [1.807, 2.05) is 12.1 Å². The quantitative estimate of drug-likeness (QED) is 0.359. The van der Waals surface area contributed by atoms with Gasteiger partial charge in [-0.2, -0.15) is 0 Å². The minimum Gasteiger partial charge on any atom is -0.497 e. The highest BCUT2D eigenvalue weighted by Crippen LogP contribution is 2.12. The third kappa shape index (κ3) is 8.04. The number of hydrogen-bond acceptors (Lipinski definition) is 1. The summed E-state index contributed by atoms with van der Waals surface area (Å²) >= 11 is 0. The second-order valence-electron chi connectivity index (χ2n) is 5.43. The van der Waals surface area contributed by atoms with E-state index < -0.39 is 0 Å². The molecule has 0 atom stereocenters. The number of unbranched alkanes of at least 4 members (excludes halogenated alkanes) is 7. The molecule has 0 saturated carbocycles. The van der Waals surface area contributed by atoms with Crippen LogP contribution in [0, 0.1) is 0 Å². The first-order valence-corrected chi connectivity index (χ1v) is 8.14. The molecule has 0 saturated heterocycles. The van der Waals surface area contributed by atoms with Gasteiger partial charge in [-0.25, -0.2) is 0 Å². The zero-order chi connectivity index (χ0) is 14.5. The third-order valence-corrected chi connectivity index (χ3v) is 3.65. The number of hydrogen-bond donors (Lipinski definition) is 0. The predicted octanol–water partition coefficient (Wildman–Crippen LogP) is 5.93. The van der Waals surface area contributed by atoms with E-state index in [4.69, 9.17) is 4.74 Å². The topological polar surface area (TPSA) is 9.23 Å². The Labute approximate surface area is 125 Å². The van der Waals surface area contributed by atoms with Gasteiger partial charge in [0.15, 0.2) is 0 Å². The van der Waals surface area contributed by atoms with Gasteiger partial charge in [0.2, 0.25) is 0 Å². The van der Waals surface area contributed by atoms with E-state index in [1.165, 1.54) is 56.9 Å². The average molecular weight is 274 g/mol. The molecular weight excluding hydrogens is 244 g/mol. The van der Waals surface area contributed by atoms with Gasteiger partial charge < -0.3 is 4.74 Å². The summed E-state index contributed by atoms with van der Waals surface area (Å²) in [6.07, 6.45) is 16.6. The van der Waals surface area contributed by atoms with Crippen molar-refractivity contribution >= 4 is 0 Å². The lowest BCUT2D eigenvalue weighted by Crippen LogP contribution is -1.84. The van der Waals surface area contributed by atoms with Crippen molar-refractivity contribution in [2.45, 2.75) is 64.7 Å². The summed E-state index contributed by atoms with van der Waals surface area (Å²) in [5, 5.41) is 0. The van der Waals surface area contributed by atoms with Crippen LogP contribution in [0.25, 0.3) is 0 Å². The van der Waals surface area contributed by atoms with Crippen LogP contribution in [0.5, 0.6) is 5.75 Å². The van der Waals surface area contributed by atoms with Crippen molar-refractivity contribution in [2.75, 3.05) is 7.11 Å². The summed E-state index contributed by atoms with van der Waals surface area (Å²) in [6, 6.07) is 8.33. The van der Waals surface area contributed by atoms with Crippen LogP contribution in [0.3, 0.4) is 0 Å². The molecule has 0 bridgehead atoms. The fraction of sp³-hybridized carbons (Fsp3) is 0.579. The second kappa shape index (κ2) is 11.6. The lowest BCUT2D eigenvalue weighted by molar-refractivity contribution is 0.414. The summed E-state index contributed by atoms with van der Waals surface area (Å²) < 4.78 is 5.16. The normalized spacial score (nSPS) is 11.1. The molecule has 1 aromatic carbocycles. The smallest absolute Gasteiger partial charge is 0.118 e. The largest absolute Gasteiger partial charge is 0.497 e. The predicted molar refractivity (Wildman–Crippen MR) is 88.4 cm³/mol. The minimum atomic E-state index is 0.931. The van der Waals surface area contributed by atoms with Gasteiger partial charge in [-0.1, -0.05) is 69.7 Å². The van der Waals surface area contributed by atoms with Crippen molar-refractivity contribution in [3.63, 3.8) is 0 Å².